The molecule has 2 aromatic rings. The molecule has 0 aliphatic carbocycles. The van der Waals surface area contributed by atoms with Crippen LogP contribution < -0.4 is 11.1 Å². The topological polar surface area (TPSA) is 76.7 Å². The van der Waals surface area contributed by atoms with Crippen molar-refractivity contribution in [1.82, 2.24) is 15.0 Å². The molecular weight excluding hydrogens is 238 g/mol. The lowest BCUT2D eigenvalue weighted by Gasteiger charge is -2.06. The third-order valence-corrected chi connectivity index (χ3v) is 2.35. The van der Waals surface area contributed by atoms with Gasteiger partial charge in [0, 0.05) is 6.54 Å². The summed E-state index contributed by atoms with van der Waals surface area (Å²) in [6, 6.07) is 9.95. The minimum Gasteiger partial charge on any atom is -0.368 e. The van der Waals surface area contributed by atoms with Gasteiger partial charge >= 0.3 is 0 Å². The SMILES string of the molecule is Nc1nc(CCl)nc(NCc2ccccc2)n1. The molecule has 1 heterocycles. The summed E-state index contributed by atoms with van der Waals surface area (Å²) in [4.78, 5) is 12.0. The van der Waals surface area contributed by atoms with E-state index in [1.165, 1.54) is 0 Å². The van der Waals surface area contributed by atoms with E-state index in [0.717, 1.165) is 5.56 Å². The van der Waals surface area contributed by atoms with E-state index in [1.807, 2.05) is 30.3 Å². The largest absolute Gasteiger partial charge is 0.368 e. The second-order valence-corrected chi connectivity index (χ2v) is 3.67. The summed E-state index contributed by atoms with van der Waals surface area (Å²) in [6.07, 6.45) is 0. The van der Waals surface area contributed by atoms with Crippen LogP contribution in [0.4, 0.5) is 11.9 Å². The molecule has 3 N–H and O–H groups in total. The Morgan fingerprint density at radius 3 is 2.59 bits per heavy atom. The van der Waals surface area contributed by atoms with Crippen LogP contribution in [0.15, 0.2) is 30.3 Å². The maximum absolute atomic E-state index is 5.65. The van der Waals surface area contributed by atoms with Crippen LogP contribution in [0.5, 0.6) is 0 Å². The van der Waals surface area contributed by atoms with Crippen molar-refractivity contribution < 1.29 is 0 Å². The second-order valence-electron chi connectivity index (χ2n) is 3.41. The molecule has 0 fully saturated rings. The predicted molar refractivity (Wildman–Crippen MR) is 67.6 cm³/mol. The Kier molecular flexibility index (Phi) is 3.72. The summed E-state index contributed by atoms with van der Waals surface area (Å²) < 4.78 is 0. The second kappa shape index (κ2) is 5.45. The first kappa shape index (κ1) is 11.6. The Morgan fingerprint density at radius 1 is 1.12 bits per heavy atom. The van der Waals surface area contributed by atoms with Crippen LogP contribution in [0.2, 0.25) is 0 Å². The van der Waals surface area contributed by atoms with Crippen molar-refractivity contribution in [1.29, 1.82) is 0 Å². The number of benzene rings is 1. The highest BCUT2D eigenvalue weighted by Crippen LogP contribution is 2.07. The first-order chi connectivity index (χ1) is 8.28. The van der Waals surface area contributed by atoms with E-state index in [-0.39, 0.29) is 11.8 Å². The number of hydrogen-bond acceptors (Lipinski definition) is 5. The minimum absolute atomic E-state index is 0.172. The molecule has 0 unspecified atom stereocenters. The van der Waals surface area contributed by atoms with Gasteiger partial charge in [-0.2, -0.15) is 15.0 Å². The lowest BCUT2D eigenvalue weighted by molar-refractivity contribution is 0.951. The lowest BCUT2D eigenvalue weighted by Crippen LogP contribution is -2.09. The molecule has 0 atom stereocenters. The van der Waals surface area contributed by atoms with E-state index in [4.69, 9.17) is 17.3 Å². The lowest BCUT2D eigenvalue weighted by atomic mass is 10.2. The Balaban J connectivity index is 2.06. The number of nitrogen functional groups attached to an aromatic ring is 1. The Labute approximate surface area is 104 Å². The van der Waals surface area contributed by atoms with Gasteiger partial charge in [0.25, 0.3) is 0 Å². The summed E-state index contributed by atoms with van der Waals surface area (Å²) >= 11 is 5.65. The molecule has 88 valence electrons. The van der Waals surface area contributed by atoms with Crippen molar-refractivity contribution in [2.24, 2.45) is 0 Å². The van der Waals surface area contributed by atoms with E-state index < -0.39 is 0 Å². The molecule has 0 saturated carbocycles. The molecule has 0 aliphatic rings. The predicted octanol–water partition coefficient (Wildman–Crippen LogP) is 1.80. The molecule has 17 heavy (non-hydrogen) atoms. The maximum Gasteiger partial charge on any atom is 0.228 e. The summed E-state index contributed by atoms with van der Waals surface area (Å²) in [5.41, 5.74) is 6.68. The van der Waals surface area contributed by atoms with E-state index in [2.05, 4.69) is 20.3 Å². The zero-order valence-electron chi connectivity index (χ0n) is 9.10. The van der Waals surface area contributed by atoms with Gasteiger partial charge in [0.1, 0.15) is 0 Å². The molecule has 0 spiro atoms. The average Bonchev–Trinajstić information content (AvgIpc) is 2.37. The number of nitrogens with one attached hydrogen (secondary N) is 1. The van der Waals surface area contributed by atoms with Gasteiger partial charge in [0.2, 0.25) is 11.9 Å². The molecular formula is C11H12ClN5. The molecule has 6 heteroatoms. The molecule has 1 aromatic carbocycles. The summed E-state index contributed by atoms with van der Waals surface area (Å²) in [6.45, 7) is 0.631. The number of nitrogens with two attached hydrogens (primary N) is 1. The van der Waals surface area contributed by atoms with Gasteiger partial charge in [0.15, 0.2) is 5.82 Å². The van der Waals surface area contributed by atoms with Gasteiger partial charge in [-0.1, -0.05) is 30.3 Å². The highest BCUT2D eigenvalue weighted by Gasteiger charge is 2.02. The van der Waals surface area contributed by atoms with Crippen molar-refractivity contribution in [3.63, 3.8) is 0 Å². The quantitative estimate of drug-likeness (QED) is 0.808. The third-order valence-electron chi connectivity index (χ3n) is 2.11. The number of aromatic nitrogens is 3. The van der Waals surface area contributed by atoms with Crippen LogP contribution in [-0.4, -0.2) is 15.0 Å². The van der Waals surface area contributed by atoms with E-state index in [1.54, 1.807) is 0 Å². The van der Waals surface area contributed by atoms with Crippen LogP contribution in [0.3, 0.4) is 0 Å². The fourth-order valence-corrected chi connectivity index (χ4v) is 1.47. The Morgan fingerprint density at radius 2 is 1.88 bits per heavy atom. The van der Waals surface area contributed by atoms with Crippen molar-refractivity contribution >= 4 is 23.5 Å². The first-order valence-electron chi connectivity index (χ1n) is 5.12. The van der Waals surface area contributed by atoms with Gasteiger partial charge in [-0.15, -0.1) is 11.6 Å². The Hall–Kier alpha value is -1.88. The normalized spacial score (nSPS) is 10.2. The highest BCUT2D eigenvalue weighted by molar-refractivity contribution is 6.16. The van der Waals surface area contributed by atoms with Crippen molar-refractivity contribution in [2.45, 2.75) is 12.4 Å². The summed E-state index contributed by atoms with van der Waals surface area (Å²) in [7, 11) is 0. The number of halogens is 1. The fourth-order valence-electron chi connectivity index (χ4n) is 1.35. The number of rotatable bonds is 4. The molecule has 0 bridgehead atoms. The van der Waals surface area contributed by atoms with Crippen molar-refractivity contribution in [3.8, 4) is 0 Å². The van der Waals surface area contributed by atoms with Gasteiger partial charge in [0.05, 0.1) is 5.88 Å². The van der Waals surface area contributed by atoms with Crippen molar-refractivity contribution in [3.05, 3.63) is 41.7 Å². The average molecular weight is 250 g/mol. The number of nitrogens with zero attached hydrogens (tertiary/aromatic N) is 3. The van der Waals surface area contributed by atoms with E-state index in [0.29, 0.717) is 18.3 Å². The zero-order chi connectivity index (χ0) is 12.1. The number of anilines is 2. The minimum atomic E-state index is 0.172. The standard InChI is InChI=1S/C11H12ClN5/c12-6-9-15-10(13)17-11(16-9)14-7-8-4-2-1-3-5-8/h1-5H,6-7H2,(H3,13,14,15,16,17). The van der Waals surface area contributed by atoms with Crippen LogP contribution in [0.1, 0.15) is 11.4 Å². The Bertz CT molecular complexity index is 488. The molecule has 1 aromatic heterocycles. The third kappa shape index (κ3) is 3.29. The van der Waals surface area contributed by atoms with Gasteiger partial charge in [-0.25, -0.2) is 0 Å². The molecule has 0 aliphatic heterocycles. The monoisotopic (exact) mass is 249 g/mol. The molecule has 2 rings (SSSR count). The van der Waals surface area contributed by atoms with E-state index >= 15 is 0 Å². The fraction of sp³-hybridized carbons (Fsp3) is 0.182. The van der Waals surface area contributed by atoms with Crippen LogP contribution in [0.25, 0.3) is 0 Å². The van der Waals surface area contributed by atoms with Crippen LogP contribution >= 0.6 is 11.6 Å². The van der Waals surface area contributed by atoms with Gasteiger partial charge in [-0.3, -0.25) is 0 Å². The number of hydrogen-bond donors (Lipinski definition) is 2. The van der Waals surface area contributed by atoms with Gasteiger partial charge < -0.3 is 11.1 Å². The first-order valence-corrected chi connectivity index (χ1v) is 5.65. The van der Waals surface area contributed by atoms with E-state index in [9.17, 15) is 0 Å². The molecule has 5 nitrogen and oxygen atoms in total. The van der Waals surface area contributed by atoms with Gasteiger partial charge in [-0.05, 0) is 5.56 Å². The molecule has 0 saturated heterocycles. The van der Waals surface area contributed by atoms with Crippen molar-refractivity contribution in [2.75, 3.05) is 11.1 Å². The maximum atomic E-state index is 5.65. The highest BCUT2D eigenvalue weighted by atomic mass is 35.5. The molecule has 0 amide bonds. The summed E-state index contributed by atoms with van der Waals surface area (Å²) in [5.74, 6) is 1.30. The summed E-state index contributed by atoms with van der Waals surface area (Å²) in [5, 5.41) is 3.08. The smallest absolute Gasteiger partial charge is 0.228 e. The van der Waals surface area contributed by atoms with Crippen LogP contribution in [0, 0.1) is 0 Å². The number of alkyl halides is 1. The van der Waals surface area contributed by atoms with Crippen LogP contribution in [-0.2, 0) is 12.4 Å². The zero-order valence-corrected chi connectivity index (χ0v) is 9.85. The molecule has 0 radical (unpaired) electrons.